The van der Waals surface area contributed by atoms with Crippen LogP contribution >= 0.6 is 11.8 Å². The van der Waals surface area contributed by atoms with Gasteiger partial charge in [-0.15, -0.1) is 0 Å². The Bertz CT molecular complexity index is 614. The van der Waals surface area contributed by atoms with Crippen LogP contribution in [-0.4, -0.2) is 50.3 Å². The molecule has 1 aliphatic rings. The van der Waals surface area contributed by atoms with Crippen molar-refractivity contribution in [3.8, 4) is 0 Å². The van der Waals surface area contributed by atoms with Crippen LogP contribution in [-0.2, 0) is 15.8 Å². The Balaban J connectivity index is 1.96. The minimum absolute atomic E-state index is 0.123. The molecule has 122 valence electrons. The third-order valence-corrected chi connectivity index (χ3v) is 5.61. The molecule has 0 aliphatic carbocycles. The summed E-state index contributed by atoms with van der Waals surface area (Å²) in [6, 6.07) is 7.42. The van der Waals surface area contributed by atoms with E-state index >= 15 is 0 Å². The van der Waals surface area contributed by atoms with E-state index in [2.05, 4.69) is 5.32 Å². The Morgan fingerprint density at radius 3 is 2.64 bits per heavy atom. The summed E-state index contributed by atoms with van der Waals surface area (Å²) in [5, 5.41) is 2.94. The molecule has 1 unspecified atom stereocenters. The summed E-state index contributed by atoms with van der Waals surface area (Å²) >= 11 is 1.74. The van der Waals surface area contributed by atoms with Gasteiger partial charge in [0.2, 0.25) is 10.0 Å². The van der Waals surface area contributed by atoms with E-state index in [9.17, 15) is 13.2 Å². The molecule has 5 nitrogen and oxygen atoms in total. The van der Waals surface area contributed by atoms with E-state index in [0.29, 0.717) is 18.7 Å². The van der Waals surface area contributed by atoms with E-state index in [1.807, 2.05) is 30.5 Å². The first-order valence-electron chi connectivity index (χ1n) is 7.24. The Morgan fingerprint density at radius 2 is 2.05 bits per heavy atom. The summed E-state index contributed by atoms with van der Waals surface area (Å²) in [7, 11) is -3.19. The Labute approximate surface area is 136 Å². The first kappa shape index (κ1) is 17.3. The fraction of sp³-hybridized carbons (Fsp3) is 0.533. The maximum absolute atomic E-state index is 12.3. The second kappa shape index (κ2) is 7.48. The molecule has 2 rings (SSSR count). The molecule has 1 aliphatic heterocycles. The summed E-state index contributed by atoms with van der Waals surface area (Å²) in [6.45, 7) is 0.893. The zero-order valence-electron chi connectivity index (χ0n) is 12.9. The quantitative estimate of drug-likeness (QED) is 0.884. The van der Waals surface area contributed by atoms with Crippen LogP contribution in [0.3, 0.4) is 0 Å². The Kier molecular flexibility index (Phi) is 5.88. The molecule has 0 aromatic heterocycles. The first-order chi connectivity index (χ1) is 10.4. The number of rotatable bonds is 5. The molecule has 22 heavy (non-hydrogen) atoms. The second-order valence-corrected chi connectivity index (χ2v) is 8.41. The van der Waals surface area contributed by atoms with E-state index in [1.165, 1.54) is 16.1 Å². The van der Waals surface area contributed by atoms with Crippen LogP contribution in [0, 0.1) is 0 Å². The van der Waals surface area contributed by atoms with Crippen LogP contribution in [0.5, 0.6) is 0 Å². The van der Waals surface area contributed by atoms with E-state index < -0.39 is 10.0 Å². The van der Waals surface area contributed by atoms with Gasteiger partial charge >= 0.3 is 0 Å². The number of nitrogens with one attached hydrogen (secondary N) is 1. The van der Waals surface area contributed by atoms with Crippen molar-refractivity contribution in [2.24, 2.45) is 0 Å². The van der Waals surface area contributed by atoms with Gasteiger partial charge in [0.1, 0.15) is 0 Å². The number of thioether (sulfide) groups is 1. The topological polar surface area (TPSA) is 66.5 Å². The maximum Gasteiger partial charge on any atom is 0.251 e. The molecule has 1 heterocycles. The zero-order valence-corrected chi connectivity index (χ0v) is 14.5. The number of carbonyl (C=O) groups is 1. The monoisotopic (exact) mass is 342 g/mol. The highest BCUT2D eigenvalue weighted by Gasteiger charge is 2.26. The average molecular weight is 342 g/mol. The fourth-order valence-electron chi connectivity index (χ4n) is 2.55. The van der Waals surface area contributed by atoms with Crippen molar-refractivity contribution in [2.75, 3.05) is 25.6 Å². The van der Waals surface area contributed by atoms with Crippen molar-refractivity contribution < 1.29 is 13.2 Å². The van der Waals surface area contributed by atoms with Crippen molar-refractivity contribution >= 4 is 27.7 Å². The molecule has 1 aromatic carbocycles. The number of sulfonamides is 1. The summed E-state index contributed by atoms with van der Waals surface area (Å²) in [5.41, 5.74) is 1.80. The Morgan fingerprint density at radius 1 is 1.36 bits per heavy atom. The second-order valence-electron chi connectivity index (χ2n) is 5.56. The molecular formula is C15H22N2O3S2. The van der Waals surface area contributed by atoms with Gasteiger partial charge in [-0.1, -0.05) is 12.1 Å². The highest BCUT2D eigenvalue weighted by molar-refractivity contribution is 7.97. The molecule has 1 saturated heterocycles. The van der Waals surface area contributed by atoms with Gasteiger partial charge in [-0.25, -0.2) is 12.7 Å². The molecule has 0 bridgehead atoms. The summed E-state index contributed by atoms with van der Waals surface area (Å²) in [4.78, 5) is 12.3. The van der Waals surface area contributed by atoms with E-state index in [1.54, 1.807) is 11.8 Å². The van der Waals surface area contributed by atoms with Crippen LogP contribution < -0.4 is 5.32 Å². The molecule has 1 aromatic rings. The minimum atomic E-state index is -3.19. The molecule has 0 saturated carbocycles. The third kappa shape index (κ3) is 4.72. The molecule has 1 amide bonds. The zero-order chi connectivity index (χ0) is 16.2. The number of piperidine rings is 1. The molecule has 0 spiro atoms. The van der Waals surface area contributed by atoms with Crippen molar-refractivity contribution in [2.45, 2.75) is 24.6 Å². The highest BCUT2D eigenvalue weighted by Crippen LogP contribution is 2.15. The van der Waals surface area contributed by atoms with E-state index in [-0.39, 0.29) is 11.9 Å². The van der Waals surface area contributed by atoms with Crippen LogP contribution in [0.1, 0.15) is 28.8 Å². The molecule has 1 fully saturated rings. The lowest BCUT2D eigenvalue weighted by atomic mass is 10.1. The van der Waals surface area contributed by atoms with Gasteiger partial charge in [0, 0.05) is 30.4 Å². The number of nitrogens with zero attached hydrogens (tertiary/aromatic N) is 1. The standard InChI is InChI=1S/C15H22N2O3S2/c1-21-11-12-5-7-13(8-6-12)15(18)16-14-4-3-9-17(10-14)22(2,19)20/h5-8,14H,3-4,9-11H2,1-2H3,(H,16,18). The van der Waals surface area contributed by atoms with Gasteiger partial charge in [-0.3, -0.25) is 4.79 Å². The number of amides is 1. The van der Waals surface area contributed by atoms with Crippen molar-refractivity contribution in [3.05, 3.63) is 35.4 Å². The minimum Gasteiger partial charge on any atom is -0.348 e. The highest BCUT2D eigenvalue weighted by atomic mass is 32.2. The predicted octanol–water partition coefficient (Wildman–Crippen LogP) is 1.70. The lowest BCUT2D eigenvalue weighted by Gasteiger charge is -2.31. The van der Waals surface area contributed by atoms with Crippen LogP contribution in [0.2, 0.25) is 0 Å². The largest absolute Gasteiger partial charge is 0.348 e. The Hall–Kier alpha value is -1.05. The maximum atomic E-state index is 12.3. The SMILES string of the molecule is CSCc1ccc(C(=O)NC2CCCN(S(C)(=O)=O)C2)cc1. The first-order valence-corrected chi connectivity index (χ1v) is 10.5. The van der Waals surface area contributed by atoms with Crippen molar-refractivity contribution in [1.82, 2.24) is 9.62 Å². The normalized spacial score (nSPS) is 19.8. The smallest absolute Gasteiger partial charge is 0.251 e. The molecule has 0 radical (unpaired) electrons. The van der Waals surface area contributed by atoms with Crippen molar-refractivity contribution in [1.29, 1.82) is 0 Å². The van der Waals surface area contributed by atoms with Gasteiger partial charge in [-0.2, -0.15) is 11.8 Å². The van der Waals surface area contributed by atoms with E-state index in [4.69, 9.17) is 0 Å². The summed E-state index contributed by atoms with van der Waals surface area (Å²) in [6.07, 6.45) is 4.83. The van der Waals surface area contributed by atoms with Crippen LogP contribution in [0.4, 0.5) is 0 Å². The van der Waals surface area contributed by atoms with Gasteiger partial charge in [0.25, 0.3) is 5.91 Å². The number of carbonyl (C=O) groups excluding carboxylic acids is 1. The van der Waals surface area contributed by atoms with Crippen LogP contribution in [0.25, 0.3) is 0 Å². The number of hydrogen-bond donors (Lipinski definition) is 1. The molecule has 1 N–H and O–H groups in total. The molecule has 1 atom stereocenters. The lowest BCUT2D eigenvalue weighted by Crippen LogP contribution is -2.49. The van der Waals surface area contributed by atoms with Gasteiger partial charge in [0.15, 0.2) is 0 Å². The third-order valence-electron chi connectivity index (χ3n) is 3.72. The summed E-state index contributed by atoms with van der Waals surface area (Å²) < 4.78 is 24.6. The van der Waals surface area contributed by atoms with Gasteiger partial charge < -0.3 is 5.32 Å². The van der Waals surface area contributed by atoms with E-state index in [0.717, 1.165) is 18.6 Å². The van der Waals surface area contributed by atoms with Crippen LogP contribution in [0.15, 0.2) is 24.3 Å². The predicted molar refractivity (Wildman–Crippen MR) is 90.6 cm³/mol. The fourth-order valence-corrected chi connectivity index (χ4v) is 3.99. The molecular weight excluding hydrogens is 320 g/mol. The number of benzene rings is 1. The van der Waals surface area contributed by atoms with Crippen molar-refractivity contribution in [3.63, 3.8) is 0 Å². The van der Waals surface area contributed by atoms with Gasteiger partial charge in [-0.05, 0) is 36.8 Å². The molecule has 7 heteroatoms. The average Bonchev–Trinajstić information content (AvgIpc) is 2.48. The van der Waals surface area contributed by atoms with Gasteiger partial charge in [0.05, 0.1) is 6.26 Å². The summed E-state index contributed by atoms with van der Waals surface area (Å²) in [5.74, 6) is 0.782. The lowest BCUT2D eigenvalue weighted by molar-refractivity contribution is 0.0921. The number of hydrogen-bond acceptors (Lipinski definition) is 4.